The quantitative estimate of drug-likeness (QED) is 0.347. The highest BCUT2D eigenvalue weighted by molar-refractivity contribution is 6.51. The van der Waals surface area contributed by atoms with Gasteiger partial charge in [0.1, 0.15) is 29.1 Å². The summed E-state index contributed by atoms with van der Waals surface area (Å²) in [5.74, 6) is -0.272. The van der Waals surface area contributed by atoms with Crippen molar-refractivity contribution in [1.29, 1.82) is 0 Å². The average Bonchev–Trinajstić information content (AvgIpc) is 3.40. The standard InChI is InChI=1S/C25H23NO6/c1-4-31-18-8-5-7-16(14-18)26-22(20-9-6-12-32-20)21(24(28)25(26)29)23(27)19-11-10-17(30-3)13-15(19)2/h5-14,22,27H,4H2,1-3H3/b23-21-. The predicted molar refractivity (Wildman–Crippen MR) is 119 cm³/mol. The number of aliphatic hydroxyl groups is 1. The molecular formula is C25H23NO6. The summed E-state index contributed by atoms with van der Waals surface area (Å²) in [6, 6.07) is 14.4. The Morgan fingerprint density at radius 2 is 1.91 bits per heavy atom. The summed E-state index contributed by atoms with van der Waals surface area (Å²) < 4.78 is 16.4. The number of hydrogen-bond donors (Lipinski definition) is 1. The van der Waals surface area contributed by atoms with E-state index in [-0.39, 0.29) is 11.3 Å². The highest BCUT2D eigenvalue weighted by atomic mass is 16.5. The van der Waals surface area contributed by atoms with Crippen LogP contribution in [0.5, 0.6) is 11.5 Å². The Morgan fingerprint density at radius 1 is 1.09 bits per heavy atom. The maximum Gasteiger partial charge on any atom is 0.300 e. The van der Waals surface area contributed by atoms with Crippen molar-refractivity contribution in [2.45, 2.75) is 19.9 Å². The third-order valence-electron chi connectivity index (χ3n) is 5.35. The van der Waals surface area contributed by atoms with Crippen LogP contribution in [0, 0.1) is 6.92 Å². The second-order valence-electron chi connectivity index (χ2n) is 7.30. The van der Waals surface area contributed by atoms with Gasteiger partial charge in [0.25, 0.3) is 11.7 Å². The van der Waals surface area contributed by atoms with E-state index in [4.69, 9.17) is 13.9 Å². The van der Waals surface area contributed by atoms with Crippen LogP contribution in [0.1, 0.15) is 29.9 Å². The monoisotopic (exact) mass is 433 g/mol. The van der Waals surface area contributed by atoms with Gasteiger partial charge >= 0.3 is 0 Å². The molecule has 7 nitrogen and oxygen atoms in total. The molecule has 2 heterocycles. The van der Waals surface area contributed by atoms with Crippen LogP contribution in [0.3, 0.4) is 0 Å². The molecule has 4 rings (SSSR count). The molecule has 32 heavy (non-hydrogen) atoms. The summed E-state index contributed by atoms with van der Waals surface area (Å²) in [6.07, 6.45) is 1.46. The predicted octanol–water partition coefficient (Wildman–Crippen LogP) is 4.62. The Morgan fingerprint density at radius 3 is 2.56 bits per heavy atom. The number of methoxy groups -OCH3 is 1. The summed E-state index contributed by atoms with van der Waals surface area (Å²) in [5.41, 5.74) is 1.55. The first-order valence-electron chi connectivity index (χ1n) is 10.2. The fourth-order valence-electron chi connectivity index (χ4n) is 3.88. The van der Waals surface area contributed by atoms with Crippen LogP contribution >= 0.6 is 0 Å². The number of furan rings is 1. The lowest BCUT2D eigenvalue weighted by Crippen LogP contribution is -2.29. The summed E-state index contributed by atoms with van der Waals surface area (Å²) in [7, 11) is 1.55. The first kappa shape index (κ1) is 21.2. The maximum absolute atomic E-state index is 13.1. The lowest BCUT2D eigenvalue weighted by Gasteiger charge is -2.24. The molecule has 0 bridgehead atoms. The van der Waals surface area contributed by atoms with Gasteiger partial charge in [0, 0.05) is 17.3 Å². The number of Topliss-reactive ketones (excluding diaryl/α,β-unsaturated/α-hetero) is 1. The minimum Gasteiger partial charge on any atom is -0.507 e. The summed E-state index contributed by atoms with van der Waals surface area (Å²) in [4.78, 5) is 27.6. The Hall–Kier alpha value is -4.00. The lowest BCUT2D eigenvalue weighted by molar-refractivity contribution is -0.132. The molecule has 7 heteroatoms. The Bertz CT molecular complexity index is 1190. The zero-order chi connectivity index (χ0) is 22.8. The number of aliphatic hydroxyl groups excluding tert-OH is 1. The van der Waals surface area contributed by atoms with Crippen LogP contribution in [0.15, 0.2) is 70.9 Å². The molecule has 0 spiro atoms. The Balaban J connectivity index is 1.90. The third-order valence-corrected chi connectivity index (χ3v) is 5.35. The second kappa shape index (κ2) is 8.63. The van der Waals surface area contributed by atoms with Gasteiger partial charge in [-0.05, 0) is 61.9 Å². The fraction of sp³-hybridized carbons (Fsp3) is 0.200. The van der Waals surface area contributed by atoms with E-state index in [1.165, 1.54) is 11.2 Å². The minimum atomic E-state index is -0.927. The number of benzene rings is 2. The van der Waals surface area contributed by atoms with Crippen molar-refractivity contribution in [3.63, 3.8) is 0 Å². The number of hydrogen-bond acceptors (Lipinski definition) is 6. The summed E-state index contributed by atoms with van der Waals surface area (Å²) in [5, 5.41) is 11.2. The molecule has 164 valence electrons. The lowest BCUT2D eigenvalue weighted by atomic mass is 9.97. The van der Waals surface area contributed by atoms with Gasteiger partial charge in [-0.3, -0.25) is 14.5 Å². The molecule has 1 atom stereocenters. The molecular weight excluding hydrogens is 410 g/mol. The molecule has 1 aromatic heterocycles. The molecule has 1 N–H and O–H groups in total. The smallest absolute Gasteiger partial charge is 0.300 e. The van der Waals surface area contributed by atoms with Gasteiger partial charge in [-0.25, -0.2) is 0 Å². The average molecular weight is 433 g/mol. The first-order chi connectivity index (χ1) is 15.5. The van der Waals surface area contributed by atoms with Crippen molar-refractivity contribution < 1.29 is 28.6 Å². The van der Waals surface area contributed by atoms with Gasteiger partial charge in [-0.2, -0.15) is 0 Å². The van der Waals surface area contributed by atoms with Crippen LogP contribution in [0.25, 0.3) is 5.76 Å². The van der Waals surface area contributed by atoms with E-state index in [9.17, 15) is 14.7 Å². The highest BCUT2D eigenvalue weighted by Crippen LogP contribution is 2.43. The van der Waals surface area contributed by atoms with Crippen molar-refractivity contribution in [2.75, 3.05) is 18.6 Å². The zero-order valence-electron chi connectivity index (χ0n) is 18.0. The molecule has 0 aliphatic carbocycles. The van der Waals surface area contributed by atoms with E-state index in [0.29, 0.717) is 40.7 Å². The molecule has 1 fully saturated rings. The van der Waals surface area contributed by atoms with Gasteiger partial charge in [0.05, 0.1) is 25.6 Å². The van der Waals surface area contributed by atoms with Gasteiger partial charge in [0.15, 0.2) is 0 Å². The number of ether oxygens (including phenoxy) is 2. The van der Waals surface area contributed by atoms with Gasteiger partial charge in [-0.1, -0.05) is 6.07 Å². The Kier molecular flexibility index (Phi) is 5.73. The number of nitrogens with zero attached hydrogens (tertiary/aromatic N) is 1. The molecule has 1 unspecified atom stereocenters. The minimum absolute atomic E-state index is 0.0416. The van der Waals surface area contributed by atoms with Crippen molar-refractivity contribution in [2.24, 2.45) is 0 Å². The third kappa shape index (κ3) is 3.62. The van der Waals surface area contributed by atoms with E-state index < -0.39 is 17.7 Å². The van der Waals surface area contributed by atoms with Crippen LogP contribution in [0.4, 0.5) is 5.69 Å². The van der Waals surface area contributed by atoms with E-state index in [1.54, 1.807) is 68.6 Å². The summed E-state index contributed by atoms with van der Waals surface area (Å²) >= 11 is 0. The fourth-order valence-corrected chi connectivity index (χ4v) is 3.88. The van der Waals surface area contributed by atoms with E-state index in [2.05, 4.69) is 0 Å². The number of ketones is 1. The number of aryl methyl sites for hydroxylation is 1. The molecule has 1 aliphatic heterocycles. The van der Waals surface area contributed by atoms with Crippen LogP contribution in [0.2, 0.25) is 0 Å². The first-order valence-corrected chi connectivity index (χ1v) is 10.2. The topological polar surface area (TPSA) is 89.2 Å². The molecule has 2 aromatic carbocycles. The van der Waals surface area contributed by atoms with Crippen molar-refractivity contribution in [1.82, 2.24) is 0 Å². The van der Waals surface area contributed by atoms with Crippen LogP contribution in [-0.2, 0) is 9.59 Å². The normalized spacial score (nSPS) is 17.6. The highest BCUT2D eigenvalue weighted by Gasteiger charge is 2.48. The molecule has 1 aliphatic rings. The number of carbonyl (C=O) groups is 2. The van der Waals surface area contributed by atoms with Gasteiger partial charge in [-0.15, -0.1) is 0 Å². The van der Waals surface area contributed by atoms with Crippen molar-refractivity contribution in [3.8, 4) is 11.5 Å². The van der Waals surface area contributed by atoms with E-state index in [1.807, 2.05) is 6.92 Å². The number of rotatable bonds is 6. The molecule has 0 radical (unpaired) electrons. The van der Waals surface area contributed by atoms with Crippen LogP contribution in [-0.4, -0.2) is 30.5 Å². The molecule has 1 saturated heterocycles. The molecule has 3 aromatic rings. The van der Waals surface area contributed by atoms with Crippen molar-refractivity contribution >= 4 is 23.1 Å². The van der Waals surface area contributed by atoms with Gasteiger partial charge in [0.2, 0.25) is 0 Å². The van der Waals surface area contributed by atoms with Gasteiger partial charge < -0.3 is 19.0 Å². The van der Waals surface area contributed by atoms with Crippen molar-refractivity contribution in [3.05, 3.63) is 83.3 Å². The number of carbonyl (C=O) groups excluding carboxylic acids is 2. The molecule has 0 saturated carbocycles. The molecule has 1 amide bonds. The SMILES string of the molecule is CCOc1cccc(N2C(=O)C(=O)/C(=C(\O)c3ccc(OC)cc3C)C2c2ccco2)c1. The summed E-state index contributed by atoms with van der Waals surface area (Å²) in [6.45, 7) is 4.11. The van der Waals surface area contributed by atoms with Crippen LogP contribution < -0.4 is 14.4 Å². The van der Waals surface area contributed by atoms with E-state index >= 15 is 0 Å². The second-order valence-corrected chi connectivity index (χ2v) is 7.30. The zero-order valence-corrected chi connectivity index (χ0v) is 18.0. The van der Waals surface area contributed by atoms with E-state index in [0.717, 1.165) is 0 Å². The number of amides is 1. The maximum atomic E-state index is 13.1. The largest absolute Gasteiger partial charge is 0.507 e. The number of anilines is 1. The Labute approximate surface area is 185 Å².